The monoisotopic (exact) mass is 354 g/mol. The molecular formula is C16H22N2O5S. The Balaban J connectivity index is 1.72. The van der Waals surface area contributed by atoms with E-state index in [9.17, 15) is 18.3 Å². The highest BCUT2D eigenvalue weighted by atomic mass is 32.2. The molecule has 0 aromatic heterocycles. The van der Waals surface area contributed by atoms with Crippen molar-refractivity contribution in [1.82, 2.24) is 4.90 Å². The zero-order chi connectivity index (χ0) is 17.4. The lowest BCUT2D eigenvalue weighted by atomic mass is 9.82. The van der Waals surface area contributed by atoms with Crippen LogP contribution in [0.3, 0.4) is 0 Å². The second-order valence-corrected chi connectivity index (χ2v) is 8.00. The van der Waals surface area contributed by atoms with Crippen molar-refractivity contribution in [3.05, 3.63) is 29.8 Å². The molecule has 3 N–H and O–H groups in total. The number of hydrogen-bond donors (Lipinski definition) is 2. The van der Waals surface area contributed by atoms with Crippen molar-refractivity contribution in [3.8, 4) is 0 Å². The van der Waals surface area contributed by atoms with Crippen LogP contribution in [-0.4, -0.2) is 55.7 Å². The molecule has 2 saturated heterocycles. The zero-order valence-corrected chi connectivity index (χ0v) is 14.2. The minimum atomic E-state index is -3.84. The van der Waals surface area contributed by atoms with Crippen molar-refractivity contribution < 1.29 is 23.1 Å². The van der Waals surface area contributed by atoms with Crippen molar-refractivity contribution in [2.24, 2.45) is 5.14 Å². The van der Waals surface area contributed by atoms with E-state index < -0.39 is 21.7 Å². The summed E-state index contributed by atoms with van der Waals surface area (Å²) in [6, 6.07) is 5.75. The lowest BCUT2D eigenvalue weighted by Crippen LogP contribution is -2.56. The smallest absolute Gasteiger partial charge is 0.253 e. The number of nitrogens with zero attached hydrogens (tertiary/aromatic N) is 1. The van der Waals surface area contributed by atoms with Gasteiger partial charge in [0.15, 0.2) is 0 Å². The molecule has 0 bridgehead atoms. The van der Waals surface area contributed by atoms with Gasteiger partial charge < -0.3 is 14.7 Å². The SMILES string of the molecule is NS(=O)(=O)c1cccc(C(=O)N2CCC3(CC2)OCCC[C@H]3O)c1. The molecule has 1 spiro atoms. The van der Waals surface area contributed by atoms with E-state index in [4.69, 9.17) is 9.88 Å². The lowest BCUT2D eigenvalue weighted by Gasteiger charge is -2.46. The Kier molecular flexibility index (Phi) is 4.65. The molecule has 8 heteroatoms. The fourth-order valence-electron chi connectivity index (χ4n) is 3.47. The summed E-state index contributed by atoms with van der Waals surface area (Å²) in [6.07, 6.45) is 2.24. The van der Waals surface area contributed by atoms with Crippen LogP contribution < -0.4 is 5.14 Å². The maximum Gasteiger partial charge on any atom is 0.253 e. The molecule has 2 aliphatic heterocycles. The van der Waals surface area contributed by atoms with E-state index in [2.05, 4.69) is 0 Å². The van der Waals surface area contributed by atoms with Gasteiger partial charge in [-0.1, -0.05) is 6.07 Å². The van der Waals surface area contributed by atoms with E-state index in [1.807, 2.05) is 0 Å². The number of rotatable bonds is 2. The van der Waals surface area contributed by atoms with Crippen LogP contribution in [0.5, 0.6) is 0 Å². The highest BCUT2D eigenvalue weighted by molar-refractivity contribution is 7.89. The molecule has 7 nitrogen and oxygen atoms in total. The first kappa shape index (κ1) is 17.3. The molecule has 1 atom stereocenters. The Hall–Kier alpha value is -1.48. The standard InChI is InChI=1S/C16H22N2O5S/c17-24(21,22)13-4-1-3-12(11-13)15(20)18-8-6-16(7-9-18)14(19)5-2-10-23-16/h1,3-4,11,14,19H,2,5-10H2,(H2,17,21,22)/t14-/m1/s1. The van der Waals surface area contributed by atoms with Gasteiger partial charge in [0, 0.05) is 25.3 Å². The Morgan fingerprint density at radius 1 is 1.33 bits per heavy atom. The third kappa shape index (κ3) is 3.32. The molecule has 1 aromatic carbocycles. The van der Waals surface area contributed by atoms with E-state index in [1.165, 1.54) is 18.2 Å². The summed E-state index contributed by atoms with van der Waals surface area (Å²) in [5, 5.41) is 15.4. The topological polar surface area (TPSA) is 110 Å². The number of ether oxygens (including phenoxy) is 1. The van der Waals surface area contributed by atoms with Gasteiger partial charge in [-0.05, 0) is 43.9 Å². The predicted octanol–water partition coefficient (Wildman–Crippen LogP) is 0.480. The number of carbonyl (C=O) groups is 1. The van der Waals surface area contributed by atoms with Gasteiger partial charge in [-0.2, -0.15) is 0 Å². The number of aliphatic hydroxyl groups is 1. The number of benzene rings is 1. The third-order valence-corrected chi connectivity index (χ3v) is 5.84. The normalized spacial score (nSPS) is 24.1. The lowest BCUT2D eigenvalue weighted by molar-refractivity contribution is -0.174. The Labute approximate surface area is 141 Å². The van der Waals surface area contributed by atoms with Crippen molar-refractivity contribution in [3.63, 3.8) is 0 Å². The van der Waals surface area contributed by atoms with Gasteiger partial charge in [0.05, 0.1) is 16.6 Å². The molecule has 2 aliphatic rings. The minimum absolute atomic E-state index is 0.0761. The quantitative estimate of drug-likeness (QED) is 0.803. The Bertz CT molecular complexity index is 726. The molecule has 2 fully saturated rings. The summed E-state index contributed by atoms with van der Waals surface area (Å²) in [7, 11) is -3.84. The molecule has 3 rings (SSSR count). The average Bonchev–Trinajstić information content (AvgIpc) is 2.57. The Morgan fingerprint density at radius 2 is 2.04 bits per heavy atom. The van der Waals surface area contributed by atoms with Crippen molar-refractivity contribution in [2.45, 2.75) is 42.3 Å². The van der Waals surface area contributed by atoms with Crippen molar-refractivity contribution in [2.75, 3.05) is 19.7 Å². The van der Waals surface area contributed by atoms with Crippen LogP contribution in [0.2, 0.25) is 0 Å². The number of likely N-dealkylation sites (tertiary alicyclic amines) is 1. The maximum atomic E-state index is 12.6. The molecule has 0 aliphatic carbocycles. The van der Waals surface area contributed by atoms with Gasteiger partial charge in [-0.3, -0.25) is 4.79 Å². The first-order chi connectivity index (χ1) is 11.3. The number of primary sulfonamides is 1. The molecular weight excluding hydrogens is 332 g/mol. The summed E-state index contributed by atoms with van der Waals surface area (Å²) < 4.78 is 28.7. The second-order valence-electron chi connectivity index (χ2n) is 6.44. The van der Waals surface area contributed by atoms with Gasteiger partial charge in [-0.15, -0.1) is 0 Å². The zero-order valence-electron chi connectivity index (χ0n) is 13.3. The summed E-state index contributed by atoms with van der Waals surface area (Å²) in [4.78, 5) is 14.2. The van der Waals surface area contributed by atoms with Gasteiger partial charge >= 0.3 is 0 Å². The highest BCUT2D eigenvalue weighted by Gasteiger charge is 2.44. The number of hydrogen-bond acceptors (Lipinski definition) is 5. The molecule has 1 aromatic rings. The van der Waals surface area contributed by atoms with E-state index in [0.717, 1.165) is 12.8 Å². The number of sulfonamides is 1. The first-order valence-corrected chi connectivity index (χ1v) is 9.61. The van der Waals surface area contributed by atoms with E-state index in [0.29, 0.717) is 38.1 Å². The van der Waals surface area contributed by atoms with Gasteiger partial charge in [0.2, 0.25) is 10.0 Å². The molecule has 24 heavy (non-hydrogen) atoms. The van der Waals surface area contributed by atoms with Gasteiger partial charge in [0.1, 0.15) is 0 Å². The minimum Gasteiger partial charge on any atom is -0.390 e. The van der Waals surface area contributed by atoms with E-state index >= 15 is 0 Å². The van der Waals surface area contributed by atoms with Crippen LogP contribution in [0.4, 0.5) is 0 Å². The first-order valence-electron chi connectivity index (χ1n) is 8.06. The average molecular weight is 354 g/mol. The fraction of sp³-hybridized carbons (Fsp3) is 0.562. The van der Waals surface area contributed by atoms with Crippen LogP contribution in [0.25, 0.3) is 0 Å². The van der Waals surface area contributed by atoms with E-state index in [1.54, 1.807) is 11.0 Å². The van der Waals surface area contributed by atoms with Crippen LogP contribution in [0, 0.1) is 0 Å². The van der Waals surface area contributed by atoms with Crippen LogP contribution in [0.1, 0.15) is 36.0 Å². The maximum absolute atomic E-state index is 12.6. The predicted molar refractivity (Wildman–Crippen MR) is 86.9 cm³/mol. The molecule has 1 amide bonds. The fourth-order valence-corrected chi connectivity index (χ4v) is 4.03. The number of amides is 1. The second kappa shape index (κ2) is 6.44. The highest BCUT2D eigenvalue weighted by Crippen LogP contribution is 2.35. The van der Waals surface area contributed by atoms with Crippen LogP contribution in [0.15, 0.2) is 29.2 Å². The Morgan fingerprint density at radius 3 is 2.67 bits per heavy atom. The molecule has 132 valence electrons. The van der Waals surface area contributed by atoms with Gasteiger partial charge in [0.25, 0.3) is 5.91 Å². The van der Waals surface area contributed by atoms with Crippen molar-refractivity contribution >= 4 is 15.9 Å². The molecule has 0 radical (unpaired) electrons. The van der Waals surface area contributed by atoms with Crippen molar-refractivity contribution in [1.29, 1.82) is 0 Å². The number of aliphatic hydroxyl groups excluding tert-OH is 1. The summed E-state index contributed by atoms with van der Waals surface area (Å²) in [5.74, 6) is -0.236. The van der Waals surface area contributed by atoms with Gasteiger partial charge in [-0.25, -0.2) is 13.6 Å². The third-order valence-electron chi connectivity index (χ3n) is 4.93. The molecule has 0 saturated carbocycles. The van der Waals surface area contributed by atoms with E-state index in [-0.39, 0.29) is 10.8 Å². The summed E-state index contributed by atoms with van der Waals surface area (Å²) in [6.45, 7) is 1.58. The largest absolute Gasteiger partial charge is 0.390 e. The summed E-state index contributed by atoms with van der Waals surface area (Å²) >= 11 is 0. The van der Waals surface area contributed by atoms with Crippen LogP contribution >= 0.6 is 0 Å². The van der Waals surface area contributed by atoms with Crippen LogP contribution in [-0.2, 0) is 14.8 Å². The number of piperidine rings is 1. The number of nitrogens with two attached hydrogens (primary N) is 1. The summed E-state index contributed by atoms with van der Waals surface area (Å²) in [5.41, 5.74) is -0.250. The molecule has 2 heterocycles. The number of carbonyl (C=O) groups excluding carboxylic acids is 1. The molecule has 0 unspecified atom stereocenters.